The number of hydrogen-bond donors (Lipinski definition) is 0. The van der Waals surface area contributed by atoms with Gasteiger partial charge in [0.2, 0.25) is 0 Å². The van der Waals surface area contributed by atoms with Crippen molar-refractivity contribution in [1.29, 1.82) is 0 Å². The Kier molecular flexibility index (Phi) is 15.6. The molecule has 5 heterocycles. The fourth-order valence-corrected chi connectivity index (χ4v) is 17.9. The third-order valence-corrected chi connectivity index (χ3v) is 23.8. The third-order valence-electron chi connectivity index (χ3n) is 23.8. The largest absolute Gasteiger partial charge is 0.456 e. The Morgan fingerprint density at radius 2 is 0.562 bits per heavy atom. The molecule has 5 nitrogen and oxygen atoms in total. The van der Waals surface area contributed by atoms with E-state index in [1.807, 2.05) is 0 Å². The first-order chi connectivity index (χ1) is 54.1. The van der Waals surface area contributed by atoms with Crippen molar-refractivity contribution in [2.45, 2.75) is 105 Å². The summed E-state index contributed by atoms with van der Waals surface area (Å²) in [5.41, 5.74) is 34.6. The number of rotatable bonds is 9. The molecule has 0 saturated heterocycles. The SMILES string of the molecule is CC(C)(C)c1cc(-c2ccc3c(c2)N(c2c(-c4ccccc4)cc(-c4ccccc4)c4oc5ccccc5c24)c2cc(-c4cccc5oc6ccccc6c45)cc4c2B3c2ccc(-c3cc(C(C)(C)C)cc(C(C)(C)C)c3)cc2N4c2c(-c3ccccc3)cc(-c3ccccc3)c3oc4ccccc4c23)cc(C(C)(C)C)c1. The lowest BCUT2D eigenvalue weighted by molar-refractivity contribution is 0.568. The third kappa shape index (κ3) is 11.2. The van der Waals surface area contributed by atoms with Crippen LogP contribution in [-0.4, -0.2) is 6.71 Å². The van der Waals surface area contributed by atoms with E-state index in [0.717, 1.165) is 167 Å². The van der Waals surface area contributed by atoms with E-state index in [4.69, 9.17) is 13.3 Å². The van der Waals surface area contributed by atoms with E-state index in [-0.39, 0.29) is 28.4 Å². The Balaban J connectivity index is 1.01. The van der Waals surface area contributed by atoms with Crippen molar-refractivity contribution < 1.29 is 13.3 Å². The summed E-state index contributed by atoms with van der Waals surface area (Å²) in [5, 5.41) is 6.21. The number of furan rings is 3. The molecule has 2 aliphatic rings. The highest BCUT2D eigenvalue weighted by Crippen LogP contribution is 2.58. The van der Waals surface area contributed by atoms with Crippen molar-refractivity contribution in [3.8, 4) is 77.9 Å². The molecule has 0 saturated carbocycles. The first kappa shape index (κ1) is 68.6. The molecule has 0 aliphatic carbocycles. The van der Waals surface area contributed by atoms with Crippen molar-refractivity contribution in [3.63, 3.8) is 0 Å². The fourth-order valence-electron chi connectivity index (χ4n) is 17.9. The molecule has 3 aromatic heterocycles. The highest BCUT2D eigenvalue weighted by atomic mass is 16.3. The van der Waals surface area contributed by atoms with Crippen LogP contribution in [0.15, 0.2) is 323 Å². The van der Waals surface area contributed by atoms with Crippen LogP contribution in [0.5, 0.6) is 0 Å². The van der Waals surface area contributed by atoms with E-state index in [1.54, 1.807) is 0 Å². The minimum absolute atomic E-state index is 0.139. The molecule has 20 rings (SSSR count). The van der Waals surface area contributed by atoms with Crippen molar-refractivity contribution in [2.24, 2.45) is 0 Å². The maximum Gasteiger partial charge on any atom is 0.252 e. The van der Waals surface area contributed by atoms with Gasteiger partial charge in [-0.05, 0) is 177 Å². The standard InChI is InChI=1S/C106H87BN2O3/c1-103(2,3)73-52-70(53-74(60-73)104(4,5)6)68-48-50-85-87(56-68)108(99-81(64-32-17-13-18-33-64)62-83(66-36-21-15-22-37-66)101-96(99)79-41-26-29-45-92(79)111-101)89-58-72(77-43-31-47-94-95(77)78-40-25-28-44-91(78)110-94)59-90-98(89)107(85)86-51-49-69(71-54-75(105(7,8)9)61-76(55-71)106(10,11)12)57-88(86)109(90)100-82(65-34-19-14-20-35-65)63-84(67-38-23-16-24-39-67)102-97(100)80-42-27-30-46-93(80)112-102/h13-63H,1-12H3. The summed E-state index contributed by atoms with van der Waals surface area (Å²) in [6, 6.07) is 116. The zero-order chi connectivity index (χ0) is 76.4. The normalized spacial score (nSPS) is 13.1. The predicted octanol–water partition coefficient (Wildman–Crippen LogP) is 28.3. The quantitative estimate of drug-likeness (QED) is 0.135. The van der Waals surface area contributed by atoms with Crippen molar-refractivity contribution in [2.75, 3.05) is 9.80 Å². The molecule has 0 bridgehead atoms. The second-order valence-electron chi connectivity index (χ2n) is 35.2. The predicted molar refractivity (Wildman–Crippen MR) is 475 cm³/mol. The van der Waals surface area contributed by atoms with Gasteiger partial charge in [-0.3, -0.25) is 0 Å². The fraction of sp³-hybridized carbons (Fsp3) is 0.151. The minimum atomic E-state index is -0.331. The van der Waals surface area contributed by atoms with Crippen molar-refractivity contribution in [3.05, 3.63) is 332 Å². The van der Waals surface area contributed by atoms with E-state index >= 15 is 0 Å². The lowest BCUT2D eigenvalue weighted by atomic mass is 9.33. The Hall–Kier alpha value is -12.6. The van der Waals surface area contributed by atoms with Crippen LogP contribution in [0.1, 0.15) is 105 Å². The molecule has 0 spiro atoms. The summed E-state index contributed by atoms with van der Waals surface area (Å²) < 4.78 is 22.0. The van der Waals surface area contributed by atoms with Crippen LogP contribution >= 0.6 is 0 Å². The molecule has 0 radical (unpaired) electrons. The zero-order valence-electron chi connectivity index (χ0n) is 65.6. The molecule has 0 unspecified atom stereocenters. The van der Waals surface area contributed by atoms with Gasteiger partial charge >= 0.3 is 0 Å². The summed E-state index contributed by atoms with van der Waals surface area (Å²) in [7, 11) is 0. The Labute approximate surface area is 656 Å². The summed E-state index contributed by atoms with van der Waals surface area (Å²) in [6.07, 6.45) is 0. The van der Waals surface area contributed by atoms with Gasteiger partial charge in [0.15, 0.2) is 0 Å². The molecule has 6 heteroatoms. The molecule has 18 aromatic rings. The Morgan fingerprint density at radius 1 is 0.232 bits per heavy atom. The second-order valence-corrected chi connectivity index (χ2v) is 35.2. The number of para-hydroxylation sites is 3. The molecule has 0 amide bonds. The maximum atomic E-state index is 7.50. The number of nitrogens with zero attached hydrogens (tertiary/aromatic N) is 2. The van der Waals surface area contributed by atoms with Crippen LogP contribution in [0.2, 0.25) is 0 Å². The summed E-state index contributed by atoms with van der Waals surface area (Å²) >= 11 is 0. The number of fused-ring (bicyclic) bond motifs is 13. The van der Waals surface area contributed by atoms with Crippen LogP contribution < -0.4 is 26.2 Å². The van der Waals surface area contributed by atoms with Gasteiger partial charge in [0, 0.05) is 66.5 Å². The van der Waals surface area contributed by atoms with Gasteiger partial charge in [0.05, 0.1) is 22.1 Å². The number of hydrogen-bond acceptors (Lipinski definition) is 5. The maximum absolute atomic E-state index is 7.50. The number of anilines is 6. The van der Waals surface area contributed by atoms with Crippen LogP contribution in [0.4, 0.5) is 34.1 Å². The van der Waals surface area contributed by atoms with E-state index in [9.17, 15) is 0 Å². The van der Waals surface area contributed by atoms with Crippen LogP contribution in [0, 0.1) is 0 Å². The van der Waals surface area contributed by atoms with Crippen molar-refractivity contribution >= 4 is 123 Å². The molecule has 542 valence electrons. The molecular weight excluding hydrogens is 1360 g/mol. The van der Waals surface area contributed by atoms with E-state index in [2.05, 4.69) is 402 Å². The summed E-state index contributed by atoms with van der Waals surface area (Å²) in [6.45, 7) is 27.8. The highest BCUT2D eigenvalue weighted by Gasteiger charge is 2.47. The highest BCUT2D eigenvalue weighted by molar-refractivity contribution is 7.00. The van der Waals surface area contributed by atoms with Gasteiger partial charge in [-0.15, -0.1) is 0 Å². The first-order valence-electron chi connectivity index (χ1n) is 39.6. The smallest absolute Gasteiger partial charge is 0.252 e. The average molecular weight is 1450 g/mol. The topological polar surface area (TPSA) is 45.9 Å². The van der Waals surface area contributed by atoms with Gasteiger partial charge < -0.3 is 23.1 Å². The molecular formula is C106H87BN2O3. The Bertz CT molecular complexity index is 6430. The van der Waals surface area contributed by atoms with Crippen LogP contribution in [0.25, 0.3) is 144 Å². The zero-order valence-corrected chi connectivity index (χ0v) is 65.6. The Morgan fingerprint density at radius 3 is 0.946 bits per heavy atom. The minimum Gasteiger partial charge on any atom is -0.456 e. The van der Waals surface area contributed by atoms with E-state index < -0.39 is 0 Å². The molecule has 0 N–H and O–H groups in total. The van der Waals surface area contributed by atoms with Crippen LogP contribution in [0.3, 0.4) is 0 Å². The van der Waals surface area contributed by atoms with Gasteiger partial charge in [-0.25, -0.2) is 0 Å². The molecule has 0 atom stereocenters. The lowest BCUT2D eigenvalue weighted by Gasteiger charge is -2.45. The molecule has 0 fully saturated rings. The van der Waals surface area contributed by atoms with Gasteiger partial charge in [0.1, 0.15) is 33.5 Å². The average Bonchev–Trinajstić information content (AvgIpc) is 0.931. The molecule has 2 aliphatic heterocycles. The van der Waals surface area contributed by atoms with Gasteiger partial charge in [0.25, 0.3) is 6.71 Å². The second kappa shape index (κ2) is 25.5. The monoisotopic (exact) mass is 1450 g/mol. The van der Waals surface area contributed by atoms with Gasteiger partial charge in [-0.2, -0.15) is 0 Å². The van der Waals surface area contributed by atoms with Crippen LogP contribution in [-0.2, 0) is 21.7 Å². The molecule has 15 aromatic carbocycles. The van der Waals surface area contributed by atoms with E-state index in [1.165, 1.54) is 49.8 Å². The molecule has 112 heavy (non-hydrogen) atoms. The summed E-state index contributed by atoms with van der Waals surface area (Å²) in [4.78, 5) is 5.38. The van der Waals surface area contributed by atoms with Gasteiger partial charge in [-0.1, -0.05) is 332 Å². The number of benzene rings is 15. The van der Waals surface area contributed by atoms with E-state index in [0.29, 0.717) is 0 Å². The lowest BCUT2D eigenvalue weighted by Crippen LogP contribution is -2.61. The summed E-state index contributed by atoms with van der Waals surface area (Å²) in [5.74, 6) is 0. The first-order valence-corrected chi connectivity index (χ1v) is 39.6. The van der Waals surface area contributed by atoms with Crippen molar-refractivity contribution in [1.82, 2.24) is 0 Å².